The third-order valence-corrected chi connectivity index (χ3v) is 5.42. The van der Waals surface area contributed by atoms with Crippen molar-refractivity contribution in [2.45, 2.75) is 44.9 Å². The van der Waals surface area contributed by atoms with Crippen molar-refractivity contribution in [3.05, 3.63) is 29.8 Å². The summed E-state index contributed by atoms with van der Waals surface area (Å²) < 4.78 is 5.79. The van der Waals surface area contributed by atoms with E-state index in [1.54, 1.807) is 4.90 Å². The maximum Gasteiger partial charge on any atom is 0.246 e. The van der Waals surface area contributed by atoms with Crippen LogP contribution < -0.4 is 15.4 Å². The van der Waals surface area contributed by atoms with E-state index in [4.69, 9.17) is 4.74 Å². The quantitative estimate of drug-likeness (QED) is 0.690. The molecule has 0 aromatic heterocycles. The second kappa shape index (κ2) is 8.92. The van der Waals surface area contributed by atoms with Crippen molar-refractivity contribution < 1.29 is 14.3 Å². The molecule has 2 fully saturated rings. The predicted molar refractivity (Wildman–Crippen MR) is 108 cm³/mol. The first-order chi connectivity index (χ1) is 13.3. The predicted octanol–water partition coefficient (Wildman–Crippen LogP) is 0.841. The van der Waals surface area contributed by atoms with Gasteiger partial charge in [0.15, 0.2) is 0 Å². The van der Waals surface area contributed by atoms with Gasteiger partial charge in [0.2, 0.25) is 11.8 Å². The van der Waals surface area contributed by atoms with Gasteiger partial charge in [0.25, 0.3) is 0 Å². The van der Waals surface area contributed by atoms with Gasteiger partial charge >= 0.3 is 0 Å². The summed E-state index contributed by atoms with van der Waals surface area (Å²) in [6, 6.07) is 7.41. The van der Waals surface area contributed by atoms with E-state index >= 15 is 0 Å². The van der Waals surface area contributed by atoms with Crippen LogP contribution in [0.3, 0.4) is 0 Å². The molecule has 2 N–H and O–H groups in total. The second-order valence-electron chi connectivity index (χ2n) is 8.35. The Kier molecular flexibility index (Phi) is 6.57. The Balaban J connectivity index is 1.54. The Morgan fingerprint density at radius 1 is 1.32 bits per heavy atom. The van der Waals surface area contributed by atoms with E-state index in [1.165, 1.54) is 0 Å². The first-order valence-electron chi connectivity index (χ1n) is 10.1. The van der Waals surface area contributed by atoms with Crippen LogP contribution in [0.25, 0.3) is 0 Å². The molecule has 1 aromatic carbocycles. The Labute approximate surface area is 167 Å². The molecule has 1 aromatic rings. The van der Waals surface area contributed by atoms with Crippen molar-refractivity contribution in [3.8, 4) is 5.75 Å². The number of fused-ring (bicyclic) bond motifs is 1. The van der Waals surface area contributed by atoms with E-state index < -0.39 is 6.04 Å². The van der Waals surface area contributed by atoms with Crippen LogP contribution >= 0.6 is 0 Å². The SMILES string of the molecule is CC(C)[C@@H]1NC(=O)[C@@H]2C[C@H](NCc3cccc(OCCN(C)C)c3)CN2C1=O. The van der Waals surface area contributed by atoms with Crippen molar-refractivity contribution in [2.75, 3.05) is 33.8 Å². The third-order valence-electron chi connectivity index (χ3n) is 5.42. The summed E-state index contributed by atoms with van der Waals surface area (Å²) in [7, 11) is 4.04. The van der Waals surface area contributed by atoms with Crippen LogP contribution in [-0.2, 0) is 16.1 Å². The summed E-state index contributed by atoms with van der Waals surface area (Å²) in [4.78, 5) is 28.9. The topological polar surface area (TPSA) is 73.9 Å². The van der Waals surface area contributed by atoms with E-state index in [9.17, 15) is 9.59 Å². The van der Waals surface area contributed by atoms with Gasteiger partial charge < -0.3 is 25.2 Å². The average Bonchev–Trinajstić information content (AvgIpc) is 3.08. The van der Waals surface area contributed by atoms with E-state index in [1.807, 2.05) is 46.1 Å². The largest absolute Gasteiger partial charge is 0.492 e. The lowest BCUT2D eigenvalue weighted by Gasteiger charge is -2.36. The van der Waals surface area contributed by atoms with Gasteiger partial charge in [-0.2, -0.15) is 0 Å². The van der Waals surface area contributed by atoms with Gasteiger partial charge in [-0.05, 0) is 44.1 Å². The number of benzene rings is 1. The van der Waals surface area contributed by atoms with Crippen LogP contribution in [0.5, 0.6) is 5.75 Å². The Bertz CT molecular complexity index is 707. The summed E-state index contributed by atoms with van der Waals surface area (Å²) >= 11 is 0. The number of hydrogen-bond acceptors (Lipinski definition) is 5. The molecule has 2 amide bonds. The normalized spacial score (nSPS) is 24.6. The molecule has 0 saturated carbocycles. The minimum atomic E-state index is -0.404. The highest BCUT2D eigenvalue weighted by Gasteiger charge is 2.46. The molecule has 154 valence electrons. The van der Waals surface area contributed by atoms with Gasteiger partial charge in [0.05, 0.1) is 0 Å². The average molecular weight is 389 g/mol. The molecule has 0 radical (unpaired) electrons. The van der Waals surface area contributed by atoms with Crippen LogP contribution in [0.1, 0.15) is 25.8 Å². The zero-order valence-electron chi connectivity index (χ0n) is 17.3. The molecule has 2 saturated heterocycles. The van der Waals surface area contributed by atoms with Crippen LogP contribution in [0.4, 0.5) is 0 Å². The summed E-state index contributed by atoms with van der Waals surface area (Å²) in [6.07, 6.45) is 0.654. The first kappa shape index (κ1) is 20.6. The lowest BCUT2D eigenvalue weighted by Crippen LogP contribution is -2.62. The highest BCUT2D eigenvalue weighted by Crippen LogP contribution is 2.25. The standard InChI is InChI=1S/C21H32N4O3/c1-14(2)19-21(27)25-13-16(11-18(25)20(26)23-19)22-12-15-6-5-7-17(10-15)28-9-8-24(3)4/h5-7,10,14,16,18-19,22H,8-9,11-13H2,1-4H3,(H,23,26)/t16-,18-,19-/m0/s1. The van der Waals surface area contributed by atoms with Crippen molar-refractivity contribution in [1.29, 1.82) is 0 Å². The number of nitrogens with zero attached hydrogens (tertiary/aromatic N) is 2. The van der Waals surface area contributed by atoms with Crippen molar-refractivity contribution in [3.63, 3.8) is 0 Å². The summed E-state index contributed by atoms with van der Waals surface area (Å²) in [5.41, 5.74) is 1.13. The maximum absolute atomic E-state index is 12.7. The molecule has 2 aliphatic heterocycles. The molecule has 0 aliphatic carbocycles. The Morgan fingerprint density at radius 3 is 2.82 bits per heavy atom. The molecule has 7 heteroatoms. The van der Waals surface area contributed by atoms with Crippen LogP contribution in [0, 0.1) is 5.92 Å². The van der Waals surface area contributed by atoms with Crippen molar-refractivity contribution in [1.82, 2.24) is 20.4 Å². The number of hydrogen-bond donors (Lipinski definition) is 2. The molecule has 2 aliphatic rings. The number of likely N-dealkylation sites (N-methyl/N-ethyl adjacent to an activating group) is 1. The number of amides is 2. The molecule has 0 unspecified atom stereocenters. The first-order valence-corrected chi connectivity index (χ1v) is 10.1. The van der Waals surface area contributed by atoms with E-state index in [-0.39, 0.29) is 29.8 Å². The van der Waals surface area contributed by atoms with E-state index in [0.29, 0.717) is 26.1 Å². The van der Waals surface area contributed by atoms with Gasteiger partial charge in [0, 0.05) is 25.7 Å². The molecular weight excluding hydrogens is 356 g/mol. The molecule has 3 atom stereocenters. The monoisotopic (exact) mass is 388 g/mol. The molecule has 2 heterocycles. The number of ether oxygens (including phenoxy) is 1. The zero-order valence-corrected chi connectivity index (χ0v) is 17.3. The van der Waals surface area contributed by atoms with Gasteiger partial charge in [-0.3, -0.25) is 9.59 Å². The number of carbonyl (C=O) groups is 2. The molecular formula is C21H32N4O3. The van der Waals surface area contributed by atoms with Crippen LogP contribution in [-0.4, -0.2) is 73.5 Å². The third kappa shape index (κ3) is 4.83. The fourth-order valence-corrected chi connectivity index (χ4v) is 3.77. The fraction of sp³-hybridized carbons (Fsp3) is 0.619. The van der Waals surface area contributed by atoms with Crippen LogP contribution in [0.15, 0.2) is 24.3 Å². The zero-order chi connectivity index (χ0) is 20.3. The fourth-order valence-electron chi connectivity index (χ4n) is 3.77. The minimum Gasteiger partial charge on any atom is -0.492 e. The van der Waals surface area contributed by atoms with E-state index in [2.05, 4.69) is 21.6 Å². The van der Waals surface area contributed by atoms with Crippen molar-refractivity contribution >= 4 is 11.8 Å². The van der Waals surface area contributed by atoms with Gasteiger partial charge in [0.1, 0.15) is 24.4 Å². The molecule has 3 rings (SSSR count). The van der Waals surface area contributed by atoms with Gasteiger partial charge in [-0.25, -0.2) is 0 Å². The number of nitrogens with one attached hydrogen (secondary N) is 2. The van der Waals surface area contributed by atoms with Crippen molar-refractivity contribution in [2.24, 2.45) is 5.92 Å². The van der Waals surface area contributed by atoms with E-state index in [0.717, 1.165) is 17.9 Å². The second-order valence-corrected chi connectivity index (χ2v) is 8.35. The Morgan fingerprint density at radius 2 is 2.11 bits per heavy atom. The summed E-state index contributed by atoms with van der Waals surface area (Å²) in [5, 5.41) is 6.39. The lowest BCUT2D eigenvalue weighted by molar-refractivity contribution is -0.148. The lowest BCUT2D eigenvalue weighted by atomic mass is 9.98. The number of piperazine rings is 1. The Hall–Kier alpha value is -2.12. The molecule has 0 bridgehead atoms. The minimum absolute atomic E-state index is 0.0288. The summed E-state index contributed by atoms with van der Waals surface area (Å²) in [6.45, 7) is 6.70. The van der Waals surface area contributed by atoms with Crippen LogP contribution in [0.2, 0.25) is 0 Å². The van der Waals surface area contributed by atoms with Gasteiger partial charge in [-0.15, -0.1) is 0 Å². The molecule has 7 nitrogen and oxygen atoms in total. The smallest absolute Gasteiger partial charge is 0.246 e. The number of carbonyl (C=O) groups excluding carboxylic acids is 2. The summed E-state index contributed by atoms with van der Waals surface area (Å²) in [5.74, 6) is 0.970. The number of rotatable bonds is 8. The molecule has 0 spiro atoms. The highest BCUT2D eigenvalue weighted by atomic mass is 16.5. The maximum atomic E-state index is 12.7. The molecule has 28 heavy (non-hydrogen) atoms. The highest BCUT2D eigenvalue weighted by molar-refractivity contribution is 5.97. The van der Waals surface area contributed by atoms with Gasteiger partial charge in [-0.1, -0.05) is 26.0 Å².